The molecule has 1 aromatic rings. The molecule has 6 bridgehead atoms. The van der Waals surface area contributed by atoms with E-state index in [1.165, 1.54) is 14.0 Å². The van der Waals surface area contributed by atoms with Crippen LogP contribution in [0.5, 0.6) is 0 Å². The van der Waals surface area contributed by atoms with Gasteiger partial charge in [-0.25, -0.2) is 9.59 Å². The van der Waals surface area contributed by atoms with Crippen LogP contribution in [0.15, 0.2) is 54.1 Å². The number of aliphatic hydroxyl groups excluding tert-OH is 2. The van der Waals surface area contributed by atoms with Gasteiger partial charge in [0, 0.05) is 24.3 Å². The second-order valence-electron chi connectivity index (χ2n) is 14.5. The molecule has 3 saturated heterocycles. The number of cyclic esters (lactones) is 1. The topological polar surface area (TPSA) is 177 Å². The molecular weight excluding hydrogens is 664 g/mol. The van der Waals surface area contributed by atoms with Crippen molar-refractivity contribution < 1.29 is 62.9 Å². The molecule has 0 amide bonds. The quantitative estimate of drug-likeness (QED) is 0.178. The van der Waals surface area contributed by atoms with Gasteiger partial charge < -0.3 is 48.5 Å². The largest absolute Gasteiger partial charge is 0.466 e. The molecule has 0 radical (unpaired) electrons. The predicted molar refractivity (Wildman–Crippen MR) is 181 cm³/mol. The smallest absolute Gasteiger partial charge is 0.338 e. The number of hydrogen-bond acceptors (Lipinski definition) is 13. The second-order valence-corrected chi connectivity index (χ2v) is 14.5. The van der Waals surface area contributed by atoms with Gasteiger partial charge in [-0.15, -0.1) is 0 Å². The third-order valence-electron chi connectivity index (χ3n) is 10.1. The zero-order chi connectivity index (χ0) is 36.8. The van der Waals surface area contributed by atoms with Gasteiger partial charge in [0.2, 0.25) is 5.79 Å². The maximum absolute atomic E-state index is 13.5. The minimum atomic E-state index is -2.32. The number of fused-ring (bicyclic) bond motifs is 6. The summed E-state index contributed by atoms with van der Waals surface area (Å²) in [6.07, 6.45) is 1.09. The summed E-state index contributed by atoms with van der Waals surface area (Å²) in [5, 5.41) is 34.2. The number of carbonyl (C=O) groups is 3. The summed E-state index contributed by atoms with van der Waals surface area (Å²) in [4.78, 5) is 39.3. The average Bonchev–Trinajstić information content (AvgIpc) is 3.08. The SMILES string of the molecule is COC(=O)/C=C1\C[C@H]2C[C@H]([C@@H](C)O)OC(=O)C[C@H](O)C[C@@H]3CCC[C@H](C[C@@H]4CCO[C@H](/C=C/C(C)(C)[C@](O)(O2)[C@H]1OC(=O)c1ccccc1)O4)O3. The van der Waals surface area contributed by atoms with E-state index in [1.54, 1.807) is 56.3 Å². The average molecular weight is 717 g/mol. The standard InChI is InChI=1S/C38H52O13/c1-23(39)31-22-30-17-25(18-32(41)45-4)35(50-36(43)24-9-6-5-7-10-24)38(44,51-30)37(2,3)15-13-34-46-16-14-29(48-34)21-28-12-8-11-27(47-28)19-26(40)20-33(42)49-31/h5-7,9-10,13,15,18,23,26-31,34-35,39-40,44H,8,11-12,14,16-17,19-22H2,1-4H3/b15-13+,25-18+/t23-,26-,27+,28-,29+,30+,31-,34+,35+,38-/m1/s1. The van der Waals surface area contributed by atoms with Crippen molar-refractivity contribution >= 4 is 17.9 Å². The molecule has 0 aromatic heterocycles. The van der Waals surface area contributed by atoms with E-state index >= 15 is 0 Å². The molecule has 3 fully saturated rings. The molecule has 0 unspecified atom stereocenters. The van der Waals surface area contributed by atoms with Crippen LogP contribution in [-0.2, 0) is 42.7 Å². The fourth-order valence-corrected chi connectivity index (χ4v) is 7.20. The predicted octanol–water partition coefficient (Wildman–Crippen LogP) is 3.67. The number of methoxy groups -OCH3 is 1. The first-order valence-corrected chi connectivity index (χ1v) is 17.9. The van der Waals surface area contributed by atoms with E-state index in [0.717, 1.165) is 25.3 Å². The molecule has 282 valence electrons. The van der Waals surface area contributed by atoms with Gasteiger partial charge in [-0.2, -0.15) is 0 Å². The van der Waals surface area contributed by atoms with Crippen molar-refractivity contribution in [3.05, 3.63) is 59.7 Å². The molecule has 4 heterocycles. The normalized spacial score (nSPS) is 36.9. The van der Waals surface area contributed by atoms with Crippen LogP contribution in [0.1, 0.15) is 88.9 Å². The number of aliphatic hydroxyl groups is 3. The fourth-order valence-electron chi connectivity index (χ4n) is 7.20. The van der Waals surface area contributed by atoms with Crippen molar-refractivity contribution in [2.24, 2.45) is 5.41 Å². The zero-order valence-corrected chi connectivity index (χ0v) is 29.8. The molecule has 13 heteroatoms. The van der Waals surface area contributed by atoms with Gasteiger partial charge in [0.05, 0.1) is 62.3 Å². The Balaban J connectivity index is 1.53. The van der Waals surface area contributed by atoms with E-state index in [9.17, 15) is 29.7 Å². The molecule has 13 nitrogen and oxygen atoms in total. The Hall–Kier alpha value is -3.17. The number of hydrogen-bond donors (Lipinski definition) is 3. The van der Waals surface area contributed by atoms with Crippen LogP contribution in [0.25, 0.3) is 0 Å². The molecule has 0 spiro atoms. The number of esters is 3. The summed E-state index contributed by atoms with van der Waals surface area (Å²) >= 11 is 0. The van der Waals surface area contributed by atoms with Gasteiger partial charge in [0.15, 0.2) is 12.4 Å². The van der Waals surface area contributed by atoms with Gasteiger partial charge in [-0.3, -0.25) is 4.79 Å². The lowest BCUT2D eigenvalue weighted by molar-refractivity contribution is -0.324. The monoisotopic (exact) mass is 716 g/mol. The van der Waals surface area contributed by atoms with E-state index in [2.05, 4.69) is 0 Å². The molecule has 51 heavy (non-hydrogen) atoms. The summed E-state index contributed by atoms with van der Waals surface area (Å²) in [7, 11) is 1.20. The Bertz CT molecular complexity index is 1410. The number of ether oxygens (including phenoxy) is 7. The minimum Gasteiger partial charge on any atom is -0.466 e. The van der Waals surface area contributed by atoms with E-state index in [-0.39, 0.29) is 55.1 Å². The lowest BCUT2D eigenvalue weighted by atomic mass is 9.74. The Morgan fingerprint density at radius 2 is 1.69 bits per heavy atom. The third-order valence-corrected chi connectivity index (χ3v) is 10.1. The number of rotatable bonds is 4. The molecule has 0 aliphatic carbocycles. The Labute approximate surface area is 298 Å². The first kappa shape index (κ1) is 39.0. The molecule has 5 rings (SSSR count). The highest BCUT2D eigenvalue weighted by Crippen LogP contribution is 2.47. The highest BCUT2D eigenvalue weighted by atomic mass is 16.7. The van der Waals surface area contributed by atoms with Gasteiger partial charge in [-0.05, 0) is 69.2 Å². The lowest BCUT2D eigenvalue weighted by Gasteiger charge is -2.51. The first-order valence-electron chi connectivity index (χ1n) is 17.9. The summed E-state index contributed by atoms with van der Waals surface area (Å²) in [5.74, 6) is -4.55. The van der Waals surface area contributed by atoms with Crippen molar-refractivity contribution in [2.45, 2.75) is 139 Å². The van der Waals surface area contributed by atoms with E-state index in [4.69, 9.17) is 33.2 Å². The zero-order valence-electron chi connectivity index (χ0n) is 29.8. The highest BCUT2D eigenvalue weighted by Gasteiger charge is 2.58. The van der Waals surface area contributed by atoms with E-state index in [0.29, 0.717) is 19.4 Å². The third kappa shape index (κ3) is 10.0. The van der Waals surface area contributed by atoms with Crippen LogP contribution in [0, 0.1) is 5.41 Å². The first-order chi connectivity index (χ1) is 24.3. The summed E-state index contributed by atoms with van der Waals surface area (Å²) < 4.78 is 41.6. The Morgan fingerprint density at radius 3 is 2.39 bits per heavy atom. The van der Waals surface area contributed by atoms with Crippen LogP contribution < -0.4 is 0 Å². The summed E-state index contributed by atoms with van der Waals surface area (Å²) in [6.45, 7) is 5.25. The minimum absolute atomic E-state index is 0.0515. The molecule has 4 aliphatic heterocycles. The van der Waals surface area contributed by atoms with Gasteiger partial charge in [0.25, 0.3) is 0 Å². The van der Waals surface area contributed by atoms with Crippen molar-refractivity contribution in [3.63, 3.8) is 0 Å². The van der Waals surface area contributed by atoms with Gasteiger partial charge in [-0.1, -0.05) is 38.1 Å². The van der Waals surface area contributed by atoms with Gasteiger partial charge in [0.1, 0.15) is 6.10 Å². The molecule has 10 atom stereocenters. The number of carbonyl (C=O) groups excluding carboxylic acids is 3. The van der Waals surface area contributed by atoms with Crippen LogP contribution >= 0.6 is 0 Å². The highest BCUT2D eigenvalue weighted by molar-refractivity contribution is 5.90. The van der Waals surface area contributed by atoms with Crippen molar-refractivity contribution in [1.29, 1.82) is 0 Å². The van der Waals surface area contributed by atoms with Crippen molar-refractivity contribution in [3.8, 4) is 0 Å². The maximum atomic E-state index is 13.5. The van der Waals surface area contributed by atoms with Crippen LogP contribution in [0.4, 0.5) is 0 Å². The number of benzene rings is 1. The van der Waals surface area contributed by atoms with Crippen molar-refractivity contribution in [1.82, 2.24) is 0 Å². The van der Waals surface area contributed by atoms with Crippen molar-refractivity contribution in [2.75, 3.05) is 13.7 Å². The van der Waals surface area contributed by atoms with Crippen LogP contribution in [0.2, 0.25) is 0 Å². The molecule has 3 N–H and O–H groups in total. The summed E-state index contributed by atoms with van der Waals surface area (Å²) in [6, 6.07) is 8.21. The molecule has 0 saturated carbocycles. The van der Waals surface area contributed by atoms with Gasteiger partial charge >= 0.3 is 17.9 Å². The summed E-state index contributed by atoms with van der Waals surface area (Å²) in [5.41, 5.74) is -0.937. The Morgan fingerprint density at radius 1 is 0.980 bits per heavy atom. The molecule has 1 aromatic carbocycles. The van der Waals surface area contributed by atoms with Crippen LogP contribution in [0.3, 0.4) is 0 Å². The maximum Gasteiger partial charge on any atom is 0.338 e. The lowest BCUT2D eigenvalue weighted by Crippen LogP contribution is -2.62. The second kappa shape index (κ2) is 17.1. The Kier molecular flexibility index (Phi) is 13.1. The molecular formula is C38H52O13. The van der Waals surface area contributed by atoms with E-state index < -0.39 is 65.9 Å². The van der Waals surface area contributed by atoms with E-state index in [1.807, 2.05) is 0 Å². The van der Waals surface area contributed by atoms with Crippen LogP contribution in [-0.4, -0.2) is 108 Å². The fraction of sp³-hybridized carbons (Fsp3) is 0.658. The molecule has 4 aliphatic rings.